The van der Waals surface area contributed by atoms with Crippen molar-refractivity contribution >= 4 is 74.8 Å². The van der Waals surface area contributed by atoms with Gasteiger partial charge in [-0.25, -0.2) is 9.78 Å². The van der Waals surface area contributed by atoms with Crippen LogP contribution in [0.25, 0.3) is 10.9 Å². The van der Waals surface area contributed by atoms with Gasteiger partial charge < -0.3 is 20.3 Å². The number of likely N-dealkylation sites (N-methyl/N-ethyl adjacent to an activating group) is 1. The van der Waals surface area contributed by atoms with Crippen LogP contribution in [0.2, 0.25) is 15.1 Å². The molecule has 0 bridgehead atoms. The Morgan fingerprint density at radius 3 is 2.46 bits per heavy atom. The molecule has 0 unspecified atom stereocenters. The van der Waals surface area contributed by atoms with Gasteiger partial charge in [-0.15, -0.1) is 0 Å². The molecule has 0 aliphatic rings. The monoisotopic (exact) mass is 612 g/mol. The number of aryl methyl sites for hydroxylation is 1. The van der Waals surface area contributed by atoms with E-state index < -0.39 is 11.9 Å². The number of hydrogen-bond acceptors (Lipinski definition) is 5. The molecule has 0 fully saturated rings. The maximum atomic E-state index is 12.9. The number of ether oxygens (including phenoxy) is 1. The molecule has 0 aliphatic heterocycles. The van der Waals surface area contributed by atoms with Gasteiger partial charge >= 0.3 is 6.03 Å². The lowest BCUT2D eigenvalue weighted by molar-refractivity contribution is -0.117. The molecule has 1 aromatic heterocycles. The summed E-state index contributed by atoms with van der Waals surface area (Å²) in [4.78, 5) is 42.8. The third-order valence-electron chi connectivity index (χ3n) is 6.37. The van der Waals surface area contributed by atoms with Crippen molar-refractivity contribution in [2.45, 2.75) is 26.9 Å². The van der Waals surface area contributed by atoms with Crippen molar-refractivity contribution in [1.82, 2.24) is 10.3 Å². The van der Waals surface area contributed by atoms with Crippen molar-refractivity contribution in [3.8, 4) is 5.75 Å². The number of Topliss-reactive ketones (excluding diaryl/α,β-unsaturated/α-hetero) is 1. The maximum Gasteiger partial charge on any atom is 0.319 e. The number of hydrogen-bond donors (Lipinski definition) is 2. The summed E-state index contributed by atoms with van der Waals surface area (Å²) < 4.78 is 6.10. The van der Waals surface area contributed by atoms with Crippen LogP contribution >= 0.6 is 34.8 Å². The minimum Gasteiger partial charge on any atom is -0.487 e. The molecule has 0 saturated heterocycles. The third kappa shape index (κ3) is 7.08. The number of para-hydroxylation sites is 1. The van der Waals surface area contributed by atoms with E-state index in [2.05, 4.69) is 15.6 Å². The Balaban J connectivity index is 1.45. The van der Waals surface area contributed by atoms with Gasteiger partial charge in [-0.3, -0.25) is 9.59 Å². The second-order valence-corrected chi connectivity index (χ2v) is 10.3. The highest BCUT2D eigenvalue weighted by molar-refractivity contribution is 6.38. The van der Waals surface area contributed by atoms with Crippen LogP contribution in [-0.2, 0) is 17.8 Å². The number of nitrogens with one attached hydrogen (secondary N) is 2. The van der Waals surface area contributed by atoms with Crippen LogP contribution < -0.4 is 20.3 Å². The van der Waals surface area contributed by atoms with E-state index in [0.717, 1.165) is 11.1 Å². The Bertz CT molecular complexity index is 1640. The summed E-state index contributed by atoms with van der Waals surface area (Å²) in [6.45, 7) is 3.14. The van der Waals surface area contributed by atoms with Crippen molar-refractivity contribution in [3.63, 3.8) is 0 Å². The topological polar surface area (TPSA) is 101 Å². The quantitative estimate of drug-likeness (QED) is 0.193. The maximum absolute atomic E-state index is 12.9. The summed E-state index contributed by atoms with van der Waals surface area (Å²) in [5, 5.41) is 7.08. The summed E-state index contributed by atoms with van der Waals surface area (Å²) in [6.07, 6.45) is 0.716. The molecule has 212 valence electrons. The van der Waals surface area contributed by atoms with E-state index in [4.69, 9.17) is 39.5 Å². The first-order chi connectivity index (χ1) is 19.6. The molecule has 8 nitrogen and oxygen atoms in total. The Labute approximate surface area is 252 Å². The van der Waals surface area contributed by atoms with Gasteiger partial charge in [0.05, 0.1) is 22.3 Å². The Hall–Kier alpha value is -3.85. The molecule has 0 spiro atoms. The molecule has 4 aromatic rings. The number of nitrogens with zero attached hydrogens (tertiary/aromatic N) is 2. The number of urea groups is 1. The average molecular weight is 614 g/mol. The standard InChI is InChI=1S/C30H27Cl3N4O4/c1-4-19-14-24(32)21-9-6-10-26(29(21)35-19)41-16-22-23(31)11-12-25(28(22)33)37(3)27(39)15-34-30(40)36-20-8-5-7-18(13-20)17(2)38/h5-14H,4,15-16H2,1-3H3,(H2,34,36,40). The zero-order chi connectivity index (χ0) is 29.7. The second-order valence-electron chi connectivity index (χ2n) is 9.15. The fourth-order valence-electron chi connectivity index (χ4n) is 4.05. The van der Waals surface area contributed by atoms with Gasteiger partial charge in [0.25, 0.3) is 0 Å². The third-order valence-corrected chi connectivity index (χ3v) is 7.46. The van der Waals surface area contributed by atoms with Crippen LogP contribution in [0.3, 0.4) is 0 Å². The fourth-order valence-corrected chi connectivity index (χ4v) is 4.94. The van der Waals surface area contributed by atoms with Crippen molar-refractivity contribution in [3.05, 3.63) is 92.6 Å². The van der Waals surface area contributed by atoms with Gasteiger partial charge in [-0.1, -0.05) is 66.0 Å². The predicted molar refractivity (Wildman–Crippen MR) is 164 cm³/mol. The van der Waals surface area contributed by atoms with Crippen LogP contribution in [0, 0.1) is 0 Å². The zero-order valence-corrected chi connectivity index (χ0v) is 24.8. The summed E-state index contributed by atoms with van der Waals surface area (Å²) in [6, 6.07) is 16.5. The lowest BCUT2D eigenvalue weighted by Crippen LogP contribution is -2.40. The Morgan fingerprint density at radius 1 is 0.976 bits per heavy atom. The normalized spacial score (nSPS) is 10.8. The van der Waals surface area contributed by atoms with E-state index in [0.29, 0.717) is 50.2 Å². The lowest BCUT2D eigenvalue weighted by Gasteiger charge is -2.21. The first kappa shape index (κ1) is 30.1. The second kappa shape index (κ2) is 13.2. The summed E-state index contributed by atoms with van der Waals surface area (Å²) >= 11 is 19.6. The van der Waals surface area contributed by atoms with Crippen molar-refractivity contribution in [2.24, 2.45) is 0 Å². The lowest BCUT2D eigenvalue weighted by atomic mass is 10.1. The van der Waals surface area contributed by atoms with E-state index in [1.165, 1.54) is 11.8 Å². The van der Waals surface area contributed by atoms with Crippen LogP contribution in [-0.4, -0.2) is 36.3 Å². The molecule has 4 rings (SSSR count). The zero-order valence-electron chi connectivity index (χ0n) is 22.6. The van der Waals surface area contributed by atoms with E-state index in [1.807, 2.05) is 25.1 Å². The minimum atomic E-state index is -0.598. The molecular formula is C30H27Cl3N4O4. The van der Waals surface area contributed by atoms with Crippen molar-refractivity contribution in [2.75, 3.05) is 23.8 Å². The largest absolute Gasteiger partial charge is 0.487 e. The van der Waals surface area contributed by atoms with Crippen LogP contribution in [0.15, 0.2) is 60.7 Å². The number of pyridine rings is 1. The molecule has 3 aromatic carbocycles. The highest BCUT2D eigenvalue weighted by atomic mass is 35.5. The van der Waals surface area contributed by atoms with Gasteiger partial charge in [0, 0.05) is 40.0 Å². The minimum absolute atomic E-state index is 0.0162. The highest BCUT2D eigenvalue weighted by Gasteiger charge is 2.20. The van der Waals surface area contributed by atoms with E-state index in [9.17, 15) is 14.4 Å². The van der Waals surface area contributed by atoms with Gasteiger partial charge in [0.1, 0.15) is 17.9 Å². The average Bonchev–Trinajstić information content (AvgIpc) is 2.95. The van der Waals surface area contributed by atoms with Crippen LogP contribution in [0.4, 0.5) is 16.2 Å². The highest BCUT2D eigenvalue weighted by Crippen LogP contribution is 2.36. The van der Waals surface area contributed by atoms with Gasteiger partial charge in [-0.2, -0.15) is 0 Å². The molecule has 11 heteroatoms. The van der Waals surface area contributed by atoms with Crippen molar-refractivity contribution < 1.29 is 19.1 Å². The smallest absolute Gasteiger partial charge is 0.319 e. The number of amides is 3. The number of carbonyl (C=O) groups excluding carboxylic acids is 3. The molecule has 0 radical (unpaired) electrons. The summed E-state index contributed by atoms with van der Waals surface area (Å²) in [5.74, 6) is -0.0290. The van der Waals surface area contributed by atoms with Crippen LogP contribution in [0.1, 0.15) is 35.5 Å². The number of benzene rings is 3. The first-order valence-electron chi connectivity index (χ1n) is 12.7. The number of aromatic nitrogens is 1. The molecular weight excluding hydrogens is 587 g/mol. The molecule has 3 amide bonds. The van der Waals surface area contributed by atoms with Crippen LogP contribution in [0.5, 0.6) is 5.75 Å². The Morgan fingerprint density at radius 2 is 1.73 bits per heavy atom. The van der Waals surface area contributed by atoms with Gasteiger partial charge in [-0.05, 0) is 49.7 Å². The number of rotatable bonds is 9. The van der Waals surface area contributed by atoms with E-state index in [-0.39, 0.29) is 24.0 Å². The van der Waals surface area contributed by atoms with E-state index in [1.54, 1.807) is 49.5 Å². The number of halogens is 3. The van der Waals surface area contributed by atoms with Gasteiger partial charge in [0.15, 0.2) is 5.78 Å². The van der Waals surface area contributed by atoms with Crippen molar-refractivity contribution in [1.29, 1.82) is 0 Å². The molecule has 1 heterocycles. The molecule has 0 aliphatic carbocycles. The summed E-state index contributed by atoms with van der Waals surface area (Å²) in [5.41, 5.74) is 3.23. The SMILES string of the molecule is CCc1cc(Cl)c2cccc(OCc3c(Cl)ccc(N(C)C(=O)CNC(=O)Nc4cccc(C(C)=O)c4)c3Cl)c2n1. The molecule has 0 atom stereocenters. The Kier molecular flexibility index (Phi) is 9.70. The number of fused-ring (bicyclic) bond motifs is 1. The number of ketones is 1. The van der Waals surface area contributed by atoms with E-state index >= 15 is 0 Å². The van der Waals surface area contributed by atoms with Gasteiger partial charge in [0.2, 0.25) is 5.91 Å². The molecule has 0 saturated carbocycles. The predicted octanol–water partition coefficient (Wildman–Crippen LogP) is 7.32. The first-order valence-corrected chi connectivity index (χ1v) is 13.8. The summed E-state index contributed by atoms with van der Waals surface area (Å²) in [7, 11) is 1.54. The molecule has 2 N–H and O–H groups in total. The number of carbonyl (C=O) groups is 3. The fraction of sp³-hybridized carbons (Fsp3) is 0.200. The number of anilines is 2. The molecule has 41 heavy (non-hydrogen) atoms.